The number of nitrogens with zero attached hydrogens (tertiary/aromatic N) is 1. The first-order valence-corrected chi connectivity index (χ1v) is 9.59. The van der Waals surface area contributed by atoms with Crippen LogP contribution >= 0.6 is 15.9 Å². The van der Waals surface area contributed by atoms with Gasteiger partial charge in [0, 0.05) is 23.0 Å². The zero-order chi connectivity index (χ0) is 19.7. The Bertz CT molecular complexity index is 1020. The smallest absolute Gasteiger partial charge is 0.262 e. The Labute approximate surface area is 172 Å². The van der Waals surface area contributed by atoms with Crippen LogP contribution in [0.15, 0.2) is 71.2 Å². The van der Waals surface area contributed by atoms with Crippen LogP contribution in [0.5, 0.6) is 11.5 Å². The summed E-state index contributed by atoms with van der Waals surface area (Å²) in [5.74, 6) is 1.22. The predicted molar refractivity (Wildman–Crippen MR) is 113 cm³/mol. The van der Waals surface area contributed by atoms with Crippen molar-refractivity contribution in [2.75, 3.05) is 24.4 Å². The molecule has 0 saturated heterocycles. The van der Waals surface area contributed by atoms with E-state index in [-0.39, 0.29) is 5.91 Å². The lowest BCUT2D eigenvalue weighted by atomic mass is 10.0. The van der Waals surface area contributed by atoms with E-state index in [2.05, 4.69) is 21.2 Å². The highest BCUT2D eigenvalue weighted by molar-refractivity contribution is 9.10. The van der Waals surface area contributed by atoms with Crippen molar-refractivity contribution in [1.29, 1.82) is 0 Å². The Hall–Kier alpha value is -2.99. The summed E-state index contributed by atoms with van der Waals surface area (Å²) in [6.45, 7) is 0. The molecule has 1 aliphatic heterocycles. The minimum atomic E-state index is -0.443. The number of fused-ring (bicyclic) bond motifs is 1. The lowest BCUT2D eigenvalue weighted by Crippen LogP contribution is -2.43. The monoisotopic (exact) mass is 438 g/mol. The number of para-hydroxylation sites is 2. The minimum absolute atomic E-state index is 0.0699. The molecule has 0 aromatic heterocycles. The lowest BCUT2D eigenvalue weighted by molar-refractivity contribution is 0.0974. The van der Waals surface area contributed by atoms with E-state index in [1.165, 1.54) is 0 Å². The Kier molecular flexibility index (Phi) is 4.96. The van der Waals surface area contributed by atoms with Crippen molar-refractivity contribution in [1.82, 2.24) is 0 Å². The maximum Gasteiger partial charge on any atom is 0.262 e. The number of methoxy groups -OCH3 is 2. The molecule has 1 N–H and O–H groups in total. The molecule has 0 saturated carbocycles. The van der Waals surface area contributed by atoms with Gasteiger partial charge in [-0.05, 0) is 46.3 Å². The molecule has 1 amide bonds. The highest BCUT2D eigenvalue weighted by Crippen LogP contribution is 2.42. The number of benzene rings is 3. The maximum absolute atomic E-state index is 13.4. The van der Waals surface area contributed by atoms with Crippen LogP contribution in [0.4, 0.5) is 11.4 Å². The van der Waals surface area contributed by atoms with E-state index in [1.54, 1.807) is 19.1 Å². The number of amides is 1. The topological polar surface area (TPSA) is 50.8 Å². The summed E-state index contributed by atoms with van der Waals surface area (Å²) in [6, 6.07) is 20.9. The van der Waals surface area contributed by atoms with Crippen LogP contribution in [-0.2, 0) is 0 Å². The first kappa shape index (κ1) is 18.4. The number of carbonyl (C=O) groups excluding carboxylic acids is 1. The van der Waals surface area contributed by atoms with Gasteiger partial charge in [0.05, 0.1) is 24.3 Å². The normalized spacial score (nSPS) is 15.6. The number of hydrogen-bond donors (Lipinski definition) is 1. The van der Waals surface area contributed by atoms with Gasteiger partial charge in [-0.2, -0.15) is 0 Å². The third-order valence-corrected chi connectivity index (χ3v) is 5.38. The molecule has 0 bridgehead atoms. The zero-order valence-corrected chi connectivity index (χ0v) is 17.1. The Balaban J connectivity index is 1.91. The van der Waals surface area contributed by atoms with Gasteiger partial charge in [-0.25, -0.2) is 0 Å². The number of halogens is 1. The lowest BCUT2D eigenvalue weighted by Gasteiger charge is -2.38. The molecule has 1 aliphatic rings. The fraction of sp³-hybridized carbons (Fsp3) is 0.136. The summed E-state index contributed by atoms with van der Waals surface area (Å²) in [6.07, 6.45) is -0.443. The molecule has 1 atom stereocenters. The van der Waals surface area contributed by atoms with Crippen molar-refractivity contribution in [3.05, 3.63) is 82.3 Å². The SMILES string of the molecule is COc1cc(OC)c([C@@H]2Nc3ccccc3C(=O)N2c2ccccc2)cc1Br. The molecule has 0 spiro atoms. The van der Waals surface area contributed by atoms with Crippen LogP contribution in [0.25, 0.3) is 0 Å². The highest BCUT2D eigenvalue weighted by atomic mass is 79.9. The van der Waals surface area contributed by atoms with Crippen molar-refractivity contribution in [2.45, 2.75) is 6.17 Å². The van der Waals surface area contributed by atoms with Crippen molar-refractivity contribution in [2.24, 2.45) is 0 Å². The van der Waals surface area contributed by atoms with Crippen LogP contribution < -0.4 is 19.7 Å². The average molecular weight is 439 g/mol. The van der Waals surface area contributed by atoms with Gasteiger partial charge >= 0.3 is 0 Å². The molecular weight excluding hydrogens is 420 g/mol. The Morgan fingerprint density at radius 2 is 1.61 bits per heavy atom. The molecule has 142 valence electrons. The molecule has 0 unspecified atom stereocenters. The predicted octanol–water partition coefficient (Wildman–Crippen LogP) is 5.24. The van der Waals surface area contributed by atoms with E-state index in [0.717, 1.165) is 21.4 Å². The molecule has 4 rings (SSSR count). The molecular formula is C22H19BrN2O3. The number of carbonyl (C=O) groups is 1. The summed E-state index contributed by atoms with van der Waals surface area (Å²) in [7, 11) is 3.21. The van der Waals surface area contributed by atoms with Gasteiger partial charge in [-0.15, -0.1) is 0 Å². The van der Waals surface area contributed by atoms with Gasteiger partial charge in [-0.1, -0.05) is 30.3 Å². The molecule has 1 heterocycles. The van der Waals surface area contributed by atoms with E-state index in [9.17, 15) is 4.79 Å². The van der Waals surface area contributed by atoms with Crippen LogP contribution in [-0.4, -0.2) is 20.1 Å². The first-order valence-electron chi connectivity index (χ1n) is 8.79. The summed E-state index contributed by atoms with van der Waals surface area (Å²) in [4.78, 5) is 15.2. The molecule has 5 nitrogen and oxygen atoms in total. The molecule has 3 aromatic carbocycles. The molecule has 6 heteroatoms. The molecule has 0 aliphatic carbocycles. The summed E-state index contributed by atoms with van der Waals surface area (Å²) < 4.78 is 11.8. The average Bonchev–Trinajstić information content (AvgIpc) is 2.74. The number of ether oxygens (including phenoxy) is 2. The van der Waals surface area contributed by atoms with Gasteiger partial charge in [0.25, 0.3) is 5.91 Å². The van der Waals surface area contributed by atoms with Crippen LogP contribution in [0.2, 0.25) is 0 Å². The molecule has 28 heavy (non-hydrogen) atoms. The largest absolute Gasteiger partial charge is 0.496 e. The zero-order valence-electron chi connectivity index (χ0n) is 15.5. The summed E-state index contributed by atoms with van der Waals surface area (Å²) in [5, 5.41) is 3.50. The second-order valence-electron chi connectivity index (χ2n) is 6.33. The van der Waals surface area contributed by atoms with E-state index >= 15 is 0 Å². The second kappa shape index (κ2) is 7.56. The van der Waals surface area contributed by atoms with Gasteiger partial charge in [0.2, 0.25) is 0 Å². The van der Waals surface area contributed by atoms with Gasteiger partial charge in [-0.3, -0.25) is 9.69 Å². The van der Waals surface area contributed by atoms with Gasteiger partial charge in [0.15, 0.2) is 0 Å². The Morgan fingerprint density at radius 3 is 2.32 bits per heavy atom. The summed E-state index contributed by atoms with van der Waals surface area (Å²) in [5.41, 5.74) is 3.04. The minimum Gasteiger partial charge on any atom is -0.496 e. The van der Waals surface area contributed by atoms with E-state index in [1.807, 2.05) is 66.7 Å². The van der Waals surface area contributed by atoms with Crippen LogP contribution in [0.1, 0.15) is 22.1 Å². The highest BCUT2D eigenvalue weighted by Gasteiger charge is 2.35. The standard InChI is InChI=1S/C22H19BrN2O3/c1-27-19-13-20(28-2)17(23)12-16(19)21-24-18-11-7-6-10-15(18)22(26)25(21)14-8-4-3-5-9-14/h3-13,21,24H,1-2H3/t21-/m1/s1. The quantitative estimate of drug-likeness (QED) is 0.605. The third kappa shape index (κ3) is 3.10. The fourth-order valence-electron chi connectivity index (χ4n) is 3.42. The fourth-order valence-corrected chi connectivity index (χ4v) is 3.95. The van der Waals surface area contributed by atoms with Crippen LogP contribution in [0, 0.1) is 0 Å². The number of anilines is 2. The number of hydrogen-bond acceptors (Lipinski definition) is 4. The van der Waals surface area contributed by atoms with Gasteiger partial charge in [0.1, 0.15) is 17.7 Å². The van der Waals surface area contributed by atoms with Crippen molar-refractivity contribution in [3.8, 4) is 11.5 Å². The van der Waals surface area contributed by atoms with E-state index < -0.39 is 6.17 Å². The van der Waals surface area contributed by atoms with E-state index in [0.29, 0.717) is 17.1 Å². The van der Waals surface area contributed by atoms with E-state index in [4.69, 9.17) is 9.47 Å². The Morgan fingerprint density at radius 1 is 0.929 bits per heavy atom. The molecule has 0 radical (unpaired) electrons. The molecule has 0 fully saturated rings. The number of nitrogens with one attached hydrogen (secondary N) is 1. The van der Waals surface area contributed by atoms with Crippen molar-refractivity contribution < 1.29 is 14.3 Å². The summed E-state index contributed by atoms with van der Waals surface area (Å²) >= 11 is 3.55. The van der Waals surface area contributed by atoms with Gasteiger partial charge < -0.3 is 14.8 Å². The third-order valence-electron chi connectivity index (χ3n) is 4.76. The van der Waals surface area contributed by atoms with Crippen molar-refractivity contribution >= 4 is 33.2 Å². The maximum atomic E-state index is 13.4. The van der Waals surface area contributed by atoms with Crippen LogP contribution in [0.3, 0.4) is 0 Å². The second-order valence-corrected chi connectivity index (χ2v) is 7.19. The molecule has 3 aromatic rings. The first-order chi connectivity index (χ1) is 13.6. The van der Waals surface area contributed by atoms with Crippen molar-refractivity contribution in [3.63, 3.8) is 0 Å². The number of rotatable bonds is 4.